The van der Waals surface area contributed by atoms with Gasteiger partial charge in [0.05, 0.1) is 6.04 Å². The maximum absolute atomic E-state index is 5.78. The molecule has 2 aromatic rings. The number of nitrogens with two attached hydrogens (primary N) is 1. The number of hydrazine groups is 1. The average Bonchev–Trinajstić information content (AvgIpc) is 2.43. The molecule has 1 atom stereocenters. The highest BCUT2D eigenvalue weighted by Gasteiger charge is 2.14. The third-order valence-corrected chi connectivity index (χ3v) is 4.34. The van der Waals surface area contributed by atoms with Crippen LogP contribution < -0.4 is 11.3 Å². The summed E-state index contributed by atoms with van der Waals surface area (Å²) < 4.78 is 1.10. The van der Waals surface area contributed by atoms with Crippen LogP contribution in [0.1, 0.15) is 33.9 Å². The van der Waals surface area contributed by atoms with Crippen LogP contribution in [0.4, 0.5) is 0 Å². The second-order valence-electron chi connectivity index (χ2n) is 5.34. The van der Waals surface area contributed by atoms with Gasteiger partial charge in [-0.05, 0) is 67.1 Å². The summed E-state index contributed by atoms with van der Waals surface area (Å²) in [6, 6.07) is 13.0. The van der Waals surface area contributed by atoms with Gasteiger partial charge >= 0.3 is 0 Å². The highest BCUT2D eigenvalue weighted by atomic mass is 79.9. The zero-order chi connectivity index (χ0) is 14.7. The van der Waals surface area contributed by atoms with Crippen molar-refractivity contribution in [3.05, 3.63) is 68.7 Å². The Morgan fingerprint density at radius 1 is 1.00 bits per heavy atom. The minimum absolute atomic E-state index is 0.135. The molecule has 0 saturated heterocycles. The van der Waals surface area contributed by atoms with Gasteiger partial charge in [0.25, 0.3) is 0 Å². The van der Waals surface area contributed by atoms with E-state index >= 15 is 0 Å². The summed E-state index contributed by atoms with van der Waals surface area (Å²) in [6.07, 6.45) is 0.882. The molecule has 2 rings (SSSR count). The molecule has 3 N–H and O–H groups in total. The van der Waals surface area contributed by atoms with Crippen LogP contribution in [-0.4, -0.2) is 0 Å². The third kappa shape index (κ3) is 3.48. The second kappa shape index (κ2) is 6.53. The fraction of sp³-hybridized carbons (Fsp3) is 0.294. The monoisotopic (exact) mass is 332 g/mol. The van der Waals surface area contributed by atoms with E-state index in [9.17, 15) is 0 Å². The lowest BCUT2D eigenvalue weighted by molar-refractivity contribution is 0.549. The molecule has 0 saturated carbocycles. The molecule has 3 heteroatoms. The molecule has 0 aliphatic heterocycles. The van der Waals surface area contributed by atoms with Crippen molar-refractivity contribution in [2.45, 2.75) is 33.2 Å². The number of halogens is 1. The normalized spacial score (nSPS) is 12.4. The minimum atomic E-state index is 0.135. The van der Waals surface area contributed by atoms with E-state index in [1.165, 1.54) is 27.8 Å². The molecule has 0 aliphatic rings. The van der Waals surface area contributed by atoms with E-state index in [4.69, 9.17) is 5.84 Å². The highest BCUT2D eigenvalue weighted by molar-refractivity contribution is 9.10. The number of aryl methyl sites for hydroxylation is 3. The molecule has 0 amide bonds. The smallest absolute Gasteiger partial charge is 0.0503 e. The predicted octanol–water partition coefficient (Wildman–Crippen LogP) is 4.12. The number of hydrogen-bond donors (Lipinski definition) is 2. The van der Waals surface area contributed by atoms with Gasteiger partial charge in [0.2, 0.25) is 0 Å². The van der Waals surface area contributed by atoms with Crippen molar-refractivity contribution >= 4 is 15.9 Å². The molecule has 0 radical (unpaired) electrons. The highest BCUT2D eigenvalue weighted by Crippen LogP contribution is 2.25. The van der Waals surface area contributed by atoms with Crippen molar-refractivity contribution in [2.75, 3.05) is 0 Å². The van der Waals surface area contributed by atoms with Gasteiger partial charge in [-0.3, -0.25) is 11.3 Å². The third-order valence-electron chi connectivity index (χ3n) is 3.81. The number of rotatable bonds is 4. The maximum atomic E-state index is 5.78. The molecule has 106 valence electrons. The zero-order valence-corrected chi connectivity index (χ0v) is 13.8. The second-order valence-corrected chi connectivity index (χ2v) is 6.26. The van der Waals surface area contributed by atoms with E-state index in [-0.39, 0.29) is 6.04 Å². The largest absolute Gasteiger partial charge is 0.271 e. The summed E-state index contributed by atoms with van der Waals surface area (Å²) in [4.78, 5) is 0. The Balaban J connectivity index is 2.28. The van der Waals surface area contributed by atoms with Gasteiger partial charge in [-0.15, -0.1) is 0 Å². The molecule has 0 fully saturated rings. The quantitative estimate of drug-likeness (QED) is 0.652. The van der Waals surface area contributed by atoms with Crippen LogP contribution in [0, 0.1) is 20.8 Å². The van der Waals surface area contributed by atoms with Crippen molar-refractivity contribution in [1.29, 1.82) is 0 Å². The van der Waals surface area contributed by atoms with Crippen LogP contribution in [0.3, 0.4) is 0 Å². The topological polar surface area (TPSA) is 38.0 Å². The van der Waals surface area contributed by atoms with Crippen LogP contribution in [0.2, 0.25) is 0 Å². The van der Waals surface area contributed by atoms with E-state index in [0.717, 1.165) is 10.9 Å². The molecule has 0 heterocycles. The molecule has 0 aromatic heterocycles. The van der Waals surface area contributed by atoms with Crippen LogP contribution in [-0.2, 0) is 6.42 Å². The Morgan fingerprint density at radius 3 is 2.20 bits per heavy atom. The van der Waals surface area contributed by atoms with E-state index in [0.29, 0.717) is 0 Å². The molecular formula is C17H21BrN2. The first kappa shape index (κ1) is 15.2. The summed E-state index contributed by atoms with van der Waals surface area (Å²) in [5.74, 6) is 5.78. The molecular weight excluding hydrogens is 312 g/mol. The maximum Gasteiger partial charge on any atom is 0.0503 e. The number of nitrogens with one attached hydrogen (secondary N) is 1. The van der Waals surface area contributed by atoms with Crippen molar-refractivity contribution in [3.63, 3.8) is 0 Å². The molecule has 0 bridgehead atoms. The van der Waals surface area contributed by atoms with Crippen molar-refractivity contribution in [2.24, 2.45) is 5.84 Å². The van der Waals surface area contributed by atoms with Gasteiger partial charge in [0, 0.05) is 4.47 Å². The lowest BCUT2D eigenvalue weighted by Crippen LogP contribution is -2.30. The van der Waals surface area contributed by atoms with Crippen LogP contribution in [0.5, 0.6) is 0 Å². The van der Waals surface area contributed by atoms with Gasteiger partial charge in [-0.2, -0.15) is 0 Å². The van der Waals surface area contributed by atoms with E-state index < -0.39 is 0 Å². The van der Waals surface area contributed by atoms with Crippen LogP contribution >= 0.6 is 15.9 Å². The Labute approximate surface area is 129 Å². The molecule has 20 heavy (non-hydrogen) atoms. The Hall–Kier alpha value is -1.16. The van der Waals surface area contributed by atoms with Crippen molar-refractivity contribution in [3.8, 4) is 0 Å². The predicted molar refractivity (Wildman–Crippen MR) is 88.6 cm³/mol. The van der Waals surface area contributed by atoms with Crippen LogP contribution in [0.15, 0.2) is 40.9 Å². The van der Waals surface area contributed by atoms with E-state index in [2.05, 4.69) is 78.5 Å². The Bertz CT molecular complexity index is 591. The van der Waals surface area contributed by atoms with Gasteiger partial charge in [0.15, 0.2) is 0 Å². The minimum Gasteiger partial charge on any atom is -0.271 e. The van der Waals surface area contributed by atoms with Crippen LogP contribution in [0.25, 0.3) is 0 Å². The summed E-state index contributed by atoms with van der Waals surface area (Å²) in [5, 5.41) is 0. The lowest BCUT2D eigenvalue weighted by atomic mass is 9.92. The summed E-state index contributed by atoms with van der Waals surface area (Å²) >= 11 is 3.46. The summed E-state index contributed by atoms with van der Waals surface area (Å²) in [7, 11) is 0. The zero-order valence-electron chi connectivity index (χ0n) is 12.2. The molecule has 2 aromatic carbocycles. The van der Waals surface area contributed by atoms with E-state index in [1.54, 1.807) is 0 Å². The lowest BCUT2D eigenvalue weighted by Gasteiger charge is -2.20. The average molecular weight is 333 g/mol. The van der Waals surface area contributed by atoms with Gasteiger partial charge in [-0.1, -0.05) is 40.2 Å². The SMILES string of the molecule is Cc1cc(C)c(C(Cc2ccc(Br)cc2)NN)cc1C. The molecule has 0 spiro atoms. The first-order valence-electron chi connectivity index (χ1n) is 6.79. The summed E-state index contributed by atoms with van der Waals surface area (Å²) in [6.45, 7) is 6.44. The molecule has 2 nitrogen and oxygen atoms in total. The van der Waals surface area contributed by atoms with Gasteiger partial charge in [-0.25, -0.2) is 0 Å². The molecule has 1 unspecified atom stereocenters. The Kier molecular flexibility index (Phi) is 4.97. The number of benzene rings is 2. The number of hydrogen-bond acceptors (Lipinski definition) is 2. The first-order valence-corrected chi connectivity index (χ1v) is 7.59. The molecule has 0 aliphatic carbocycles. The van der Waals surface area contributed by atoms with E-state index in [1.807, 2.05) is 0 Å². The standard InChI is InChI=1S/C17H21BrN2/c1-11-8-13(3)16(9-12(11)2)17(20-19)10-14-4-6-15(18)7-5-14/h4-9,17,20H,10,19H2,1-3H3. The fourth-order valence-corrected chi connectivity index (χ4v) is 2.74. The van der Waals surface area contributed by atoms with Gasteiger partial charge < -0.3 is 0 Å². The summed E-state index contributed by atoms with van der Waals surface area (Å²) in [5.41, 5.74) is 9.42. The van der Waals surface area contributed by atoms with Gasteiger partial charge in [0.1, 0.15) is 0 Å². The first-order chi connectivity index (χ1) is 9.51. The Morgan fingerprint density at radius 2 is 1.60 bits per heavy atom. The van der Waals surface area contributed by atoms with Crippen molar-refractivity contribution in [1.82, 2.24) is 5.43 Å². The van der Waals surface area contributed by atoms with Crippen molar-refractivity contribution < 1.29 is 0 Å². The fourth-order valence-electron chi connectivity index (χ4n) is 2.47.